The second kappa shape index (κ2) is 4.70. The van der Waals surface area contributed by atoms with Gasteiger partial charge in [0.2, 0.25) is 0 Å². The van der Waals surface area contributed by atoms with E-state index in [1.807, 2.05) is 0 Å². The molecule has 2 rings (SSSR count). The van der Waals surface area contributed by atoms with Gasteiger partial charge in [0.05, 0.1) is 11.7 Å². The Balaban J connectivity index is 2.05. The molecule has 2 aliphatic rings. The molecule has 0 saturated carbocycles. The van der Waals surface area contributed by atoms with Crippen LogP contribution in [-0.2, 0) is 4.74 Å². The van der Waals surface area contributed by atoms with Crippen LogP contribution in [0, 0.1) is 5.41 Å². The lowest BCUT2D eigenvalue weighted by atomic mass is 9.70. The fourth-order valence-corrected chi connectivity index (χ4v) is 2.77. The van der Waals surface area contributed by atoms with Crippen molar-refractivity contribution in [3.8, 4) is 0 Å². The molecule has 2 heterocycles. The molecule has 0 aromatic heterocycles. The summed E-state index contributed by atoms with van der Waals surface area (Å²) in [5.74, 6) is 0. The van der Waals surface area contributed by atoms with Gasteiger partial charge in [-0.3, -0.25) is 0 Å². The zero-order valence-electron chi connectivity index (χ0n) is 11.5. The SMILES string of the molecule is CC(C)(C)C1(OC2CNC2)CCN(C(=O)O)CC1. The van der Waals surface area contributed by atoms with Crippen molar-refractivity contribution in [2.75, 3.05) is 26.2 Å². The highest BCUT2D eigenvalue weighted by atomic mass is 16.5. The maximum atomic E-state index is 11.0. The van der Waals surface area contributed by atoms with E-state index in [0.717, 1.165) is 25.9 Å². The summed E-state index contributed by atoms with van der Waals surface area (Å²) in [5, 5.41) is 12.2. The number of piperidine rings is 1. The summed E-state index contributed by atoms with van der Waals surface area (Å²) in [4.78, 5) is 12.5. The monoisotopic (exact) mass is 256 g/mol. The summed E-state index contributed by atoms with van der Waals surface area (Å²) in [6.45, 7) is 9.56. The number of likely N-dealkylation sites (tertiary alicyclic amines) is 1. The smallest absolute Gasteiger partial charge is 0.407 e. The van der Waals surface area contributed by atoms with Gasteiger partial charge in [-0.25, -0.2) is 4.79 Å². The third-order valence-electron chi connectivity index (χ3n) is 4.34. The predicted molar refractivity (Wildman–Crippen MR) is 68.8 cm³/mol. The first-order valence-corrected chi connectivity index (χ1v) is 6.70. The molecule has 104 valence electrons. The molecule has 0 spiro atoms. The number of amides is 1. The van der Waals surface area contributed by atoms with Gasteiger partial charge >= 0.3 is 6.09 Å². The molecule has 18 heavy (non-hydrogen) atoms. The Kier molecular flexibility index (Phi) is 3.56. The third-order valence-corrected chi connectivity index (χ3v) is 4.34. The summed E-state index contributed by atoms with van der Waals surface area (Å²) in [6.07, 6.45) is 1.06. The van der Waals surface area contributed by atoms with Gasteiger partial charge in [-0.1, -0.05) is 20.8 Å². The summed E-state index contributed by atoms with van der Waals surface area (Å²) in [7, 11) is 0. The minimum absolute atomic E-state index is 0.0349. The normalized spacial score (nSPS) is 24.7. The number of carboxylic acid groups (broad SMARTS) is 1. The van der Waals surface area contributed by atoms with Crippen LogP contribution in [0.1, 0.15) is 33.6 Å². The topological polar surface area (TPSA) is 61.8 Å². The fraction of sp³-hybridized carbons (Fsp3) is 0.923. The van der Waals surface area contributed by atoms with Gasteiger partial charge in [0.1, 0.15) is 0 Å². The Morgan fingerprint density at radius 1 is 1.33 bits per heavy atom. The summed E-state index contributed by atoms with van der Waals surface area (Å²) in [6, 6.07) is 0. The maximum Gasteiger partial charge on any atom is 0.407 e. The van der Waals surface area contributed by atoms with Crippen molar-refractivity contribution >= 4 is 6.09 Å². The minimum Gasteiger partial charge on any atom is -0.465 e. The zero-order chi connectivity index (χ0) is 13.4. The Morgan fingerprint density at radius 2 is 1.89 bits per heavy atom. The van der Waals surface area contributed by atoms with Crippen LogP contribution in [0.3, 0.4) is 0 Å². The van der Waals surface area contributed by atoms with E-state index in [2.05, 4.69) is 26.1 Å². The van der Waals surface area contributed by atoms with Gasteiger partial charge in [-0.05, 0) is 18.3 Å². The quantitative estimate of drug-likeness (QED) is 0.786. The maximum absolute atomic E-state index is 11.0. The Bertz CT molecular complexity index is 313. The van der Waals surface area contributed by atoms with Gasteiger partial charge in [0.25, 0.3) is 0 Å². The van der Waals surface area contributed by atoms with Gasteiger partial charge in [0.15, 0.2) is 0 Å². The number of ether oxygens (including phenoxy) is 1. The van der Waals surface area contributed by atoms with E-state index in [-0.39, 0.29) is 11.0 Å². The van der Waals surface area contributed by atoms with E-state index in [4.69, 9.17) is 9.84 Å². The second-order valence-electron chi connectivity index (χ2n) is 6.41. The fourth-order valence-electron chi connectivity index (χ4n) is 2.77. The Hall–Kier alpha value is -0.810. The molecule has 0 unspecified atom stereocenters. The van der Waals surface area contributed by atoms with Crippen molar-refractivity contribution in [2.24, 2.45) is 5.41 Å². The largest absolute Gasteiger partial charge is 0.465 e. The molecule has 0 bridgehead atoms. The van der Waals surface area contributed by atoms with Crippen LogP contribution in [0.25, 0.3) is 0 Å². The lowest BCUT2D eigenvalue weighted by molar-refractivity contribution is -0.185. The van der Waals surface area contributed by atoms with Gasteiger partial charge in [0, 0.05) is 26.2 Å². The first-order valence-electron chi connectivity index (χ1n) is 6.70. The first kappa shape index (κ1) is 13.6. The first-order chi connectivity index (χ1) is 8.34. The van der Waals surface area contributed by atoms with E-state index in [1.165, 1.54) is 4.90 Å². The molecule has 0 radical (unpaired) electrons. The van der Waals surface area contributed by atoms with Crippen molar-refractivity contribution in [2.45, 2.75) is 45.3 Å². The predicted octanol–water partition coefficient (Wildman–Crippen LogP) is 1.53. The van der Waals surface area contributed by atoms with E-state index in [0.29, 0.717) is 19.2 Å². The number of nitrogens with one attached hydrogen (secondary N) is 1. The number of hydrogen-bond donors (Lipinski definition) is 2. The highest BCUT2D eigenvalue weighted by molar-refractivity contribution is 5.65. The third kappa shape index (κ3) is 2.47. The van der Waals surface area contributed by atoms with Crippen LogP contribution in [0.4, 0.5) is 4.79 Å². The minimum atomic E-state index is -0.817. The van der Waals surface area contributed by atoms with Gasteiger partial charge < -0.3 is 20.1 Å². The zero-order valence-corrected chi connectivity index (χ0v) is 11.5. The summed E-state index contributed by atoms with van der Waals surface area (Å²) in [5.41, 5.74) is -0.154. The molecule has 5 heteroatoms. The number of nitrogens with zero attached hydrogens (tertiary/aromatic N) is 1. The highest BCUT2D eigenvalue weighted by Gasteiger charge is 2.47. The molecule has 1 amide bonds. The van der Waals surface area contributed by atoms with Gasteiger partial charge in [-0.2, -0.15) is 0 Å². The molecule has 0 aromatic rings. The molecule has 0 aliphatic carbocycles. The molecule has 2 aliphatic heterocycles. The van der Waals surface area contributed by atoms with Crippen LogP contribution in [0.15, 0.2) is 0 Å². The van der Waals surface area contributed by atoms with Crippen LogP contribution in [-0.4, -0.2) is 54.0 Å². The average Bonchev–Trinajstić information content (AvgIpc) is 2.22. The Morgan fingerprint density at radius 3 is 2.22 bits per heavy atom. The van der Waals surface area contributed by atoms with E-state index in [9.17, 15) is 4.79 Å². The number of carbonyl (C=O) groups is 1. The average molecular weight is 256 g/mol. The van der Waals surface area contributed by atoms with Gasteiger partial charge in [-0.15, -0.1) is 0 Å². The molecular formula is C13H24N2O3. The van der Waals surface area contributed by atoms with E-state index in [1.54, 1.807) is 0 Å². The number of hydrogen-bond acceptors (Lipinski definition) is 3. The lowest BCUT2D eigenvalue weighted by Gasteiger charge is -2.51. The van der Waals surface area contributed by atoms with Crippen LogP contribution < -0.4 is 5.32 Å². The van der Waals surface area contributed by atoms with Crippen molar-refractivity contribution in [1.82, 2.24) is 10.2 Å². The molecule has 5 nitrogen and oxygen atoms in total. The summed E-state index contributed by atoms with van der Waals surface area (Å²) < 4.78 is 6.33. The van der Waals surface area contributed by atoms with Crippen molar-refractivity contribution < 1.29 is 14.6 Å². The van der Waals surface area contributed by atoms with Crippen molar-refractivity contribution in [1.29, 1.82) is 0 Å². The molecule has 2 N–H and O–H groups in total. The van der Waals surface area contributed by atoms with Crippen LogP contribution >= 0.6 is 0 Å². The van der Waals surface area contributed by atoms with E-state index >= 15 is 0 Å². The highest BCUT2D eigenvalue weighted by Crippen LogP contribution is 2.43. The molecule has 2 saturated heterocycles. The standard InChI is InChI=1S/C13H24N2O3/c1-12(2,3)13(18-10-8-14-9-10)4-6-15(7-5-13)11(16)17/h10,14H,4-9H2,1-3H3,(H,16,17). The lowest BCUT2D eigenvalue weighted by Crippen LogP contribution is -2.60. The van der Waals surface area contributed by atoms with Crippen molar-refractivity contribution in [3.63, 3.8) is 0 Å². The Labute approximate surface area is 108 Å². The van der Waals surface area contributed by atoms with Crippen LogP contribution in [0.5, 0.6) is 0 Å². The van der Waals surface area contributed by atoms with Crippen molar-refractivity contribution in [3.05, 3.63) is 0 Å². The molecule has 0 atom stereocenters. The summed E-state index contributed by atoms with van der Waals surface area (Å²) >= 11 is 0. The second-order valence-corrected chi connectivity index (χ2v) is 6.41. The molecular weight excluding hydrogens is 232 g/mol. The molecule has 2 fully saturated rings. The van der Waals surface area contributed by atoms with E-state index < -0.39 is 6.09 Å². The van der Waals surface area contributed by atoms with Crippen LogP contribution in [0.2, 0.25) is 0 Å². The molecule has 0 aromatic carbocycles. The number of rotatable bonds is 2.